The van der Waals surface area contributed by atoms with Gasteiger partial charge in [-0.25, -0.2) is 4.98 Å². The summed E-state index contributed by atoms with van der Waals surface area (Å²) in [5.41, 5.74) is 2.68. The summed E-state index contributed by atoms with van der Waals surface area (Å²) in [6.07, 6.45) is 0. The molecule has 2 aromatic heterocycles. The van der Waals surface area contributed by atoms with Gasteiger partial charge in [-0.1, -0.05) is 23.4 Å². The number of carbonyl (C=O) groups excluding carboxylic acids is 1. The Bertz CT molecular complexity index is 801. The van der Waals surface area contributed by atoms with Crippen LogP contribution in [0.3, 0.4) is 0 Å². The maximum Gasteiger partial charge on any atom is 0.271 e. The van der Waals surface area contributed by atoms with E-state index in [1.54, 1.807) is 24.9 Å². The van der Waals surface area contributed by atoms with E-state index in [4.69, 9.17) is 9.26 Å². The van der Waals surface area contributed by atoms with Crippen LogP contribution in [0.4, 0.5) is 0 Å². The third-order valence-corrected chi connectivity index (χ3v) is 3.78. The van der Waals surface area contributed by atoms with Gasteiger partial charge in [0.05, 0.1) is 12.6 Å². The zero-order valence-electron chi connectivity index (χ0n) is 12.5. The largest absolute Gasteiger partial charge is 0.496 e. The second-order valence-corrected chi connectivity index (χ2v) is 5.41. The molecule has 0 aliphatic carbocycles. The Labute approximate surface area is 136 Å². The molecule has 0 aliphatic rings. The van der Waals surface area contributed by atoms with Crippen LogP contribution < -0.4 is 10.1 Å². The molecule has 118 valence electrons. The van der Waals surface area contributed by atoms with Crippen LogP contribution in [0.25, 0.3) is 0 Å². The maximum absolute atomic E-state index is 12.4. The summed E-state index contributed by atoms with van der Waals surface area (Å²) >= 11 is 1.35. The van der Waals surface area contributed by atoms with Gasteiger partial charge in [0.2, 0.25) is 5.89 Å². The highest BCUT2D eigenvalue weighted by molar-refractivity contribution is 7.07. The molecule has 1 aromatic carbocycles. The Hall–Kier alpha value is -2.74. The molecule has 23 heavy (non-hydrogen) atoms. The van der Waals surface area contributed by atoms with E-state index >= 15 is 0 Å². The summed E-state index contributed by atoms with van der Waals surface area (Å²) in [6, 6.07) is 6.76. The molecule has 0 bridgehead atoms. The second kappa shape index (κ2) is 6.57. The van der Waals surface area contributed by atoms with Gasteiger partial charge in [0.25, 0.3) is 5.91 Å². The summed E-state index contributed by atoms with van der Waals surface area (Å²) < 4.78 is 10.4. The zero-order valence-corrected chi connectivity index (χ0v) is 13.3. The van der Waals surface area contributed by atoms with Crippen molar-refractivity contribution in [3.05, 3.63) is 58.1 Å². The minimum absolute atomic E-state index is 0.315. The lowest BCUT2D eigenvalue weighted by atomic mass is 10.0. The number of methoxy groups -OCH3 is 1. The molecule has 2 heterocycles. The highest BCUT2D eigenvalue weighted by Crippen LogP contribution is 2.28. The number of carbonyl (C=O) groups is 1. The van der Waals surface area contributed by atoms with Crippen molar-refractivity contribution in [1.29, 1.82) is 0 Å². The van der Waals surface area contributed by atoms with Crippen LogP contribution in [-0.4, -0.2) is 28.1 Å². The number of nitrogens with zero attached hydrogens (tertiary/aromatic N) is 3. The highest BCUT2D eigenvalue weighted by Gasteiger charge is 2.25. The molecule has 1 amide bonds. The van der Waals surface area contributed by atoms with E-state index < -0.39 is 6.04 Å². The normalized spacial score (nSPS) is 11.9. The molecular weight excluding hydrogens is 316 g/mol. The molecule has 3 rings (SSSR count). The number of ether oxygens (including phenoxy) is 1. The Morgan fingerprint density at radius 2 is 2.22 bits per heavy atom. The van der Waals surface area contributed by atoms with Crippen molar-refractivity contribution < 1.29 is 14.1 Å². The van der Waals surface area contributed by atoms with Gasteiger partial charge in [0.15, 0.2) is 5.82 Å². The van der Waals surface area contributed by atoms with E-state index in [1.165, 1.54) is 11.3 Å². The summed E-state index contributed by atoms with van der Waals surface area (Å²) in [6.45, 7) is 1.69. The lowest BCUT2D eigenvalue weighted by molar-refractivity contribution is 0.0936. The molecule has 0 radical (unpaired) electrons. The molecule has 1 N–H and O–H groups in total. The Kier molecular flexibility index (Phi) is 4.33. The average Bonchev–Trinajstić information content (AvgIpc) is 3.24. The fraction of sp³-hybridized carbons (Fsp3) is 0.200. The highest BCUT2D eigenvalue weighted by atomic mass is 32.1. The van der Waals surface area contributed by atoms with Crippen molar-refractivity contribution in [1.82, 2.24) is 20.4 Å². The summed E-state index contributed by atoms with van der Waals surface area (Å²) in [5, 5.41) is 8.49. The minimum atomic E-state index is -0.599. The summed E-state index contributed by atoms with van der Waals surface area (Å²) in [4.78, 5) is 20.6. The van der Waals surface area contributed by atoms with Gasteiger partial charge in [-0.2, -0.15) is 4.98 Å². The SMILES string of the molecule is COc1ccccc1C(NC(=O)c1cscn1)c1noc(C)n1. The van der Waals surface area contributed by atoms with E-state index in [2.05, 4.69) is 20.4 Å². The lowest BCUT2D eigenvalue weighted by Crippen LogP contribution is -2.30. The third-order valence-electron chi connectivity index (χ3n) is 3.19. The molecule has 0 saturated carbocycles. The molecular formula is C15H14N4O3S. The van der Waals surface area contributed by atoms with Crippen LogP contribution in [-0.2, 0) is 0 Å². The number of para-hydroxylation sites is 1. The maximum atomic E-state index is 12.4. The van der Waals surface area contributed by atoms with Crippen molar-refractivity contribution in [3.8, 4) is 5.75 Å². The van der Waals surface area contributed by atoms with Gasteiger partial charge in [-0.15, -0.1) is 11.3 Å². The number of aromatic nitrogens is 3. The van der Waals surface area contributed by atoms with Crippen molar-refractivity contribution in [3.63, 3.8) is 0 Å². The number of hydrogen-bond acceptors (Lipinski definition) is 7. The fourth-order valence-electron chi connectivity index (χ4n) is 2.15. The van der Waals surface area contributed by atoms with Gasteiger partial charge in [-0.3, -0.25) is 4.79 Å². The smallest absolute Gasteiger partial charge is 0.271 e. The summed E-state index contributed by atoms with van der Waals surface area (Å²) in [5.74, 6) is 1.08. The Morgan fingerprint density at radius 3 is 2.87 bits per heavy atom. The van der Waals surface area contributed by atoms with Crippen LogP contribution in [0.15, 0.2) is 39.7 Å². The third kappa shape index (κ3) is 3.21. The average molecular weight is 330 g/mol. The number of amides is 1. The van der Waals surface area contributed by atoms with Gasteiger partial charge in [0.1, 0.15) is 17.5 Å². The molecule has 1 unspecified atom stereocenters. The van der Waals surface area contributed by atoms with Crippen LogP contribution in [0.2, 0.25) is 0 Å². The van der Waals surface area contributed by atoms with Crippen LogP contribution >= 0.6 is 11.3 Å². The zero-order chi connectivity index (χ0) is 16.2. The van der Waals surface area contributed by atoms with Crippen molar-refractivity contribution in [2.75, 3.05) is 7.11 Å². The lowest BCUT2D eigenvalue weighted by Gasteiger charge is -2.18. The van der Waals surface area contributed by atoms with E-state index in [-0.39, 0.29) is 5.91 Å². The van der Waals surface area contributed by atoms with Gasteiger partial charge in [0, 0.05) is 17.9 Å². The molecule has 0 fully saturated rings. The van der Waals surface area contributed by atoms with E-state index in [0.717, 1.165) is 5.56 Å². The van der Waals surface area contributed by atoms with Crippen LogP contribution in [0.5, 0.6) is 5.75 Å². The molecule has 0 spiro atoms. The van der Waals surface area contributed by atoms with E-state index in [9.17, 15) is 4.79 Å². The van der Waals surface area contributed by atoms with Crippen molar-refractivity contribution >= 4 is 17.2 Å². The molecule has 8 heteroatoms. The first-order valence-corrected chi connectivity index (χ1v) is 7.75. The molecule has 3 aromatic rings. The van der Waals surface area contributed by atoms with E-state index in [0.29, 0.717) is 23.2 Å². The quantitative estimate of drug-likeness (QED) is 0.772. The molecule has 0 saturated heterocycles. The Balaban J connectivity index is 1.99. The number of thiazole rings is 1. The number of rotatable bonds is 5. The number of aryl methyl sites for hydroxylation is 1. The standard InChI is InChI=1S/C15H14N4O3S/c1-9-17-14(19-22-9)13(10-5-3-4-6-12(10)21-2)18-15(20)11-7-23-8-16-11/h3-8,13H,1-2H3,(H,18,20). The van der Waals surface area contributed by atoms with Crippen molar-refractivity contribution in [2.24, 2.45) is 0 Å². The topological polar surface area (TPSA) is 90.1 Å². The first-order chi connectivity index (χ1) is 11.2. The molecule has 1 atom stereocenters. The number of nitrogens with one attached hydrogen (secondary N) is 1. The predicted molar refractivity (Wildman–Crippen MR) is 83.5 cm³/mol. The number of benzene rings is 1. The Morgan fingerprint density at radius 1 is 1.39 bits per heavy atom. The van der Waals surface area contributed by atoms with Gasteiger partial charge < -0.3 is 14.6 Å². The van der Waals surface area contributed by atoms with Crippen molar-refractivity contribution in [2.45, 2.75) is 13.0 Å². The van der Waals surface area contributed by atoms with Gasteiger partial charge >= 0.3 is 0 Å². The first-order valence-electron chi connectivity index (χ1n) is 6.81. The fourth-order valence-corrected chi connectivity index (χ4v) is 2.68. The van der Waals surface area contributed by atoms with Crippen LogP contribution in [0, 0.1) is 6.92 Å². The van der Waals surface area contributed by atoms with Crippen LogP contribution in [0.1, 0.15) is 33.8 Å². The predicted octanol–water partition coefficient (Wildman–Crippen LogP) is 2.36. The molecule has 7 nitrogen and oxygen atoms in total. The summed E-state index contributed by atoms with van der Waals surface area (Å²) in [7, 11) is 1.57. The van der Waals surface area contributed by atoms with E-state index in [1.807, 2.05) is 24.3 Å². The first kappa shape index (κ1) is 15.2. The second-order valence-electron chi connectivity index (χ2n) is 4.69. The molecule has 0 aliphatic heterocycles. The minimum Gasteiger partial charge on any atom is -0.496 e. The number of hydrogen-bond donors (Lipinski definition) is 1. The van der Waals surface area contributed by atoms with Gasteiger partial charge in [-0.05, 0) is 6.07 Å². The monoisotopic (exact) mass is 330 g/mol.